The minimum atomic E-state index is -0.827. The smallest absolute Gasteiger partial charge is 0.252 e. The molecule has 2 rings (SSSR count). The van der Waals surface area contributed by atoms with Crippen molar-refractivity contribution in [3.8, 4) is 0 Å². The molecule has 1 N–H and O–H groups in total. The third kappa shape index (κ3) is 2.80. The molecular formula is C16H20N2O2. The Balaban J connectivity index is 2.22. The van der Waals surface area contributed by atoms with Gasteiger partial charge in [-0.15, -0.1) is 0 Å². The molecule has 1 heterocycles. The van der Waals surface area contributed by atoms with Gasteiger partial charge in [0.1, 0.15) is 0 Å². The number of aryl methyl sites for hydroxylation is 3. The van der Waals surface area contributed by atoms with Crippen molar-refractivity contribution in [2.75, 3.05) is 0 Å². The lowest BCUT2D eigenvalue weighted by molar-refractivity contribution is 0.0610. The second kappa shape index (κ2) is 5.59. The molecule has 0 unspecified atom stereocenters. The van der Waals surface area contributed by atoms with Crippen molar-refractivity contribution in [1.82, 2.24) is 9.78 Å². The van der Waals surface area contributed by atoms with Crippen molar-refractivity contribution in [3.63, 3.8) is 0 Å². The highest BCUT2D eigenvalue weighted by molar-refractivity contribution is 5.81. The van der Waals surface area contributed by atoms with Crippen LogP contribution in [0.5, 0.6) is 0 Å². The summed E-state index contributed by atoms with van der Waals surface area (Å²) in [7, 11) is 0. The van der Waals surface area contributed by atoms with Crippen LogP contribution in [0.3, 0.4) is 0 Å². The highest BCUT2D eigenvalue weighted by Gasteiger charge is 2.26. The van der Waals surface area contributed by atoms with Crippen molar-refractivity contribution in [1.29, 1.82) is 0 Å². The van der Waals surface area contributed by atoms with E-state index in [-0.39, 0.29) is 5.91 Å². The van der Waals surface area contributed by atoms with Crippen LogP contribution in [0.1, 0.15) is 40.3 Å². The van der Waals surface area contributed by atoms with Crippen LogP contribution in [-0.2, 0) is 0 Å². The number of carbonyl (C=O) groups excluding carboxylic acids is 1. The zero-order valence-corrected chi connectivity index (χ0v) is 12.3. The molecule has 2 aromatic rings. The number of aromatic nitrogens is 2. The Morgan fingerprint density at radius 1 is 1.20 bits per heavy atom. The van der Waals surface area contributed by atoms with Crippen molar-refractivity contribution < 1.29 is 9.90 Å². The maximum Gasteiger partial charge on any atom is 0.252 e. The monoisotopic (exact) mass is 272 g/mol. The average molecular weight is 272 g/mol. The normalized spacial score (nSPS) is 14.1. The number of hydrogen-bond donors (Lipinski definition) is 1. The summed E-state index contributed by atoms with van der Waals surface area (Å²) in [4.78, 5) is 12.4. The number of hydrogen-bond acceptors (Lipinski definition) is 3. The van der Waals surface area contributed by atoms with Gasteiger partial charge in [-0.25, -0.2) is 4.68 Å². The summed E-state index contributed by atoms with van der Waals surface area (Å²) in [6, 6.07) is 9.41. The summed E-state index contributed by atoms with van der Waals surface area (Å²) in [5, 5.41) is 14.5. The molecular weight excluding hydrogens is 252 g/mol. The zero-order valence-electron chi connectivity index (χ0n) is 12.3. The lowest BCUT2D eigenvalue weighted by Gasteiger charge is -2.18. The quantitative estimate of drug-likeness (QED) is 0.934. The fourth-order valence-corrected chi connectivity index (χ4v) is 2.23. The van der Waals surface area contributed by atoms with Crippen molar-refractivity contribution in [3.05, 3.63) is 52.8 Å². The van der Waals surface area contributed by atoms with Crippen LogP contribution in [0.2, 0.25) is 0 Å². The first kappa shape index (κ1) is 14.5. The van der Waals surface area contributed by atoms with Crippen LogP contribution in [-0.4, -0.2) is 20.8 Å². The van der Waals surface area contributed by atoms with Gasteiger partial charge in [-0.1, -0.05) is 36.8 Å². The zero-order chi connectivity index (χ0) is 14.9. The molecule has 0 aliphatic rings. The summed E-state index contributed by atoms with van der Waals surface area (Å²) in [6.45, 7) is 7.39. The first-order chi connectivity index (χ1) is 9.40. The Morgan fingerprint density at radius 2 is 1.80 bits per heavy atom. The molecule has 0 amide bonds. The first-order valence-corrected chi connectivity index (χ1v) is 6.72. The minimum Gasteiger partial charge on any atom is -0.388 e. The third-order valence-corrected chi connectivity index (χ3v) is 3.50. The molecule has 1 aromatic carbocycles. The van der Waals surface area contributed by atoms with Crippen LogP contribution in [0.4, 0.5) is 0 Å². The van der Waals surface area contributed by atoms with Crippen LogP contribution >= 0.6 is 0 Å². The largest absolute Gasteiger partial charge is 0.388 e. The molecule has 0 radical (unpaired) electrons. The molecule has 1 aromatic heterocycles. The second-order valence-corrected chi connectivity index (χ2v) is 5.32. The van der Waals surface area contributed by atoms with E-state index >= 15 is 0 Å². The summed E-state index contributed by atoms with van der Waals surface area (Å²) >= 11 is 0. The van der Waals surface area contributed by atoms with E-state index in [0.29, 0.717) is 0 Å². The van der Waals surface area contributed by atoms with Gasteiger partial charge in [-0.3, -0.25) is 4.79 Å². The molecule has 0 bridgehead atoms. The van der Waals surface area contributed by atoms with E-state index in [4.69, 9.17) is 0 Å². The van der Waals surface area contributed by atoms with E-state index < -0.39 is 12.0 Å². The first-order valence-electron chi connectivity index (χ1n) is 6.72. The predicted molar refractivity (Wildman–Crippen MR) is 77.6 cm³/mol. The molecule has 0 fully saturated rings. The van der Waals surface area contributed by atoms with E-state index in [1.54, 1.807) is 6.92 Å². The molecule has 0 saturated carbocycles. The Kier molecular flexibility index (Phi) is 4.04. The summed E-state index contributed by atoms with van der Waals surface area (Å²) in [6.07, 6.45) is -0.827. The Bertz CT molecular complexity index is 614. The molecule has 4 heteroatoms. The van der Waals surface area contributed by atoms with Crippen molar-refractivity contribution >= 4 is 5.91 Å². The molecule has 4 nitrogen and oxygen atoms in total. The van der Waals surface area contributed by atoms with Gasteiger partial charge < -0.3 is 5.11 Å². The maximum atomic E-state index is 12.4. The van der Waals surface area contributed by atoms with Gasteiger partial charge in [-0.05, 0) is 32.4 Å². The van der Waals surface area contributed by atoms with Gasteiger partial charge in [0.25, 0.3) is 5.91 Å². The highest BCUT2D eigenvalue weighted by Crippen LogP contribution is 2.24. The van der Waals surface area contributed by atoms with Gasteiger partial charge >= 0.3 is 0 Å². The van der Waals surface area contributed by atoms with Gasteiger partial charge in [-0.2, -0.15) is 5.10 Å². The van der Waals surface area contributed by atoms with Crippen molar-refractivity contribution in [2.24, 2.45) is 5.92 Å². The van der Waals surface area contributed by atoms with E-state index in [0.717, 1.165) is 22.5 Å². The van der Waals surface area contributed by atoms with E-state index in [1.807, 2.05) is 51.1 Å². The summed E-state index contributed by atoms with van der Waals surface area (Å²) < 4.78 is 1.37. The predicted octanol–water partition coefficient (Wildman–Crippen LogP) is 2.82. The summed E-state index contributed by atoms with van der Waals surface area (Å²) in [5.41, 5.74) is 3.46. The molecule has 106 valence electrons. The maximum absolute atomic E-state index is 12.4. The van der Waals surface area contributed by atoms with Gasteiger partial charge in [0.15, 0.2) is 0 Å². The van der Waals surface area contributed by atoms with Crippen LogP contribution in [0.15, 0.2) is 30.3 Å². The minimum absolute atomic E-state index is 0.191. The van der Waals surface area contributed by atoms with Gasteiger partial charge in [0.2, 0.25) is 0 Å². The number of rotatable bonds is 3. The fraction of sp³-hybridized carbons (Fsp3) is 0.375. The lowest BCUT2D eigenvalue weighted by atomic mass is 9.96. The number of aliphatic hydroxyl groups is 1. The molecule has 2 atom stereocenters. The molecule has 0 aliphatic carbocycles. The van der Waals surface area contributed by atoms with Crippen LogP contribution < -0.4 is 0 Å². The average Bonchev–Trinajstić information content (AvgIpc) is 2.76. The van der Waals surface area contributed by atoms with Crippen molar-refractivity contribution in [2.45, 2.75) is 33.8 Å². The molecule has 0 spiro atoms. The number of carbonyl (C=O) groups is 1. The lowest BCUT2D eigenvalue weighted by Crippen LogP contribution is -2.26. The van der Waals surface area contributed by atoms with Gasteiger partial charge in [0.05, 0.1) is 17.7 Å². The number of aliphatic hydroxyl groups excluding tert-OH is 1. The topological polar surface area (TPSA) is 55.1 Å². The standard InChI is InChI=1S/C16H20N2O2/c1-10-5-7-14(8-6-10)15(19)13(4)16(20)18-12(3)9-11(2)17-18/h5-9,13,15,19H,1-4H3/t13-,15+/m0/s1. The molecule has 0 aliphatic heterocycles. The van der Waals surface area contributed by atoms with Gasteiger partial charge in [0, 0.05) is 5.69 Å². The molecule has 20 heavy (non-hydrogen) atoms. The summed E-state index contributed by atoms with van der Waals surface area (Å²) in [5.74, 6) is -0.737. The van der Waals surface area contributed by atoms with E-state index in [9.17, 15) is 9.90 Å². The number of nitrogens with zero attached hydrogens (tertiary/aromatic N) is 2. The number of benzene rings is 1. The molecule has 0 saturated heterocycles. The highest BCUT2D eigenvalue weighted by atomic mass is 16.3. The Hall–Kier alpha value is -1.94. The van der Waals surface area contributed by atoms with E-state index in [2.05, 4.69) is 5.10 Å². The SMILES string of the molecule is Cc1ccc([C@H](O)[C@H](C)C(=O)n2nc(C)cc2C)cc1. The van der Waals surface area contributed by atoms with Crippen LogP contribution in [0, 0.1) is 26.7 Å². The van der Waals surface area contributed by atoms with Crippen LogP contribution in [0.25, 0.3) is 0 Å². The fourth-order valence-electron chi connectivity index (χ4n) is 2.23. The third-order valence-electron chi connectivity index (χ3n) is 3.50. The van der Waals surface area contributed by atoms with E-state index in [1.165, 1.54) is 4.68 Å². The second-order valence-electron chi connectivity index (χ2n) is 5.32. The Morgan fingerprint density at radius 3 is 2.30 bits per heavy atom. The Labute approximate surface area is 119 Å².